The molecule has 26 heavy (non-hydrogen) atoms. The van der Waals surface area contributed by atoms with Crippen molar-refractivity contribution >= 4 is 28.6 Å². The highest BCUT2D eigenvalue weighted by Crippen LogP contribution is 2.20. The number of ether oxygens (including phenoxy) is 1. The molecule has 1 aromatic carbocycles. The number of aromatic nitrogens is 2. The molecule has 0 aliphatic carbocycles. The topological polar surface area (TPSA) is 73.2 Å². The highest BCUT2D eigenvalue weighted by atomic mass is 32.2. The summed E-state index contributed by atoms with van der Waals surface area (Å²) in [5, 5.41) is 4.08. The van der Waals surface area contributed by atoms with E-state index < -0.39 is 0 Å². The third-order valence-corrected chi connectivity index (χ3v) is 5.40. The standard InChI is InChI=1S/C19H25N3O3S/c1-2-3-10-20-17(23)13-26-19-21-16-9-5-4-8-15(16)18(24)22(19)12-14-7-6-11-25-14/h4-5,8-9,14H,2-3,6-7,10-13H2,1H3,(H,20,23). The number of unbranched alkanes of at least 4 members (excludes halogenated alkanes) is 1. The minimum absolute atomic E-state index is 0.0328. The number of benzene rings is 1. The van der Waals surface area contributed by atoms with E-state index in [1.165, 1.54) is 11.8 Å². The molecule has 1 saturated heterocycles. The van der Waals surface area contributed by atoms with Gasteiger partial charge in [-0.05, 0) is 31.4 Å². The monoisotopic (exact) mass is 375 g/mol. The summed E-state index contributed by atoms with van der Waals surface area (Å²) < 4.78 is 7.36. The first-order chi connectivity index (χ1) is 12.7. The molecule has 1 N–H and O–H groups in total. The van der Waals surface area contributed by atoms with E-state index in [2.05, 4.69) is 17.2 Å². The van der Waals surface area contributed by atoms with Crippen molar-refractivity contribution in [2.45, 2.75) is 50.4 Å². The van der Waals surface area contributed by atoms with Crippen LogP contribution in [0.1, 0.15) is 32.6 Å². The average Bonchev–Trinajstić information content (AvgIpc) is 3.16. The largest absolute Gasteiger partial charge is 0.376 e. The zero-order chi connectivity index (χ0) is 18.4. The predicted octanol–water partition coefficient (Wildman–Crippen LogP) is 2.58. The Morgan fingerprint density at radius 2 is 2.27 bits per heavy atom. The zero-order valence-corrected chi connectivity index (χ0v) is 15.9. The molecule has 1 atom stereocenters. The van der Waals surface area contributed by atoms with Crippen molar-refractivity contribution in [1.82, 2.24) is 14.9 Å². The Balaban J connectivity index is 1.81. The number of nitrogens with zero attached hydrogens (tertiary/aromatic N) is 2. The fraction of sp³-hybridized carbons (Fsp3) is 0.526. The number of hydrogen-bond acceptors (Lipinski definition) is 5. The van der Waals surface area contributed by atoms with Crippen LogP contribution >= 0.6 is 11.8 Å². The maximum atomic E-state index is 12.9. The van der Waals surface area contributed by atoms with Gasteiger partial charge in [0.25, 0.3) is 5.56 Å². The van der Waals surface area contributed by atoms with E-state index in [0.29, 0.717) is 29.1 Å². The van der Waals surface area contributed by atoms with E-state index in [9.17, 15) is 9.59 Å². The Morgan fingerprint density at radius 1 is 1.42 bits per heavy atom. The fourth-order valence-electron chi connectivity index (χ4n) is 3.00. The summed E-state index contributed by atoms with van der Waals surface area (Å²) in [4.78, 5) is 29.6. The molecule has 0 bridgehead atoms. The number of carbonyl (C=O) groups excluding carboxylic acids is 1. The van der Waals surface area contributed by atoms with Crippen LogP contribution in [0.25, 0.3) is 10.9 Å². The lowest BCUT2D eigenvalue weighted by atomic mass is 10.2. The van der Waals surface area contributed by atoms with Gasteiger partial charge in [-0.3, -0.25) is 14.2 Å². The number of rotatable bonds is 8. The van der Waals surface area contributed by atoms with Crippen LogP contribution in [-0.4, -0.2) is 40.5 Å². The number of nitrogens with one attached hydrogen (secondary N) is 1. The number of para-hydroxylation sites is 1. The second kappa shape index (κ2) is 9.19. The van der Waals surface area contributed by atoms with Gasteiger partial charge in [0.15, 0.2) is 5.16 Å². The summed E-state index contributed by atoms with van der Waals surface area (Å²) in [6.07, 6.45) is 4.01. The van der Waals surface area contributed by atoms with Gasteiger partial charge in [0, 0.05) is 13.2 Å². The van der Waals surface area contributed by atoms with E-state index in [0.717, 1.165) is 32.3 Å². The molecule has 3 rings (SSSR count). The Kier molecular flexibility index (Phi) is 6.68. The fourth-order valence-corrected chi connectivity index (χ4v) is 3.83. The molecule has 1 aromatic heterocycles. The molecule has 1 unspecified atom stereocenters. The van der Waals surface area contributed by atoms with E-state index in [-0.39, 0.29) is 23.3 Å². The number of amides is 1. The van der Waals surface area contributed by atoms with Crippen molar-refractivity contribution in [2.24, 2.45) is 0 Å². The van der Waals surface area contributed by atoms with Gasteiger partial charge < -0.3 is 10.1 Å². The van der Waals surface area contributed by atoms with Gasteiger partial charge in [0.05, 0.1) is 29.3 Å². The molecule has 0 saturated carbocycles. The van der Waals surface area contributed by atoms with Gasteiger partial charge in [0.1, 0.15) is 0 Å². The molecule has 2 heterocycles. The van der Waals surface area contributed by atoms with Crippen LogP contribution in [0.2, 0.25) is 0 Å². The molecule has 0 spiro atoms. The molecular weight excluding hydrogens is 350 g/mol. The summed E-state index contributed by atoms with van der Waals surface area (Å²) in [6.45, 7) is 3.99. The molecule has 1 aliphatic heterocycles. The normalized spacial score (nSPS) is 16.9. The maximum absolute atomic E-state index is 12.9. The lowest BCUT2D eigenvalue weighted by molar-refractivity contribution is -0.118. The minimum Gasteiger partial charge on any atom is -0.376 e. The maximum Gasteiger partial charge on any atom is 0.262 e. The molecule has 1 fully saturated rings. The molecule has 2 aromatic rings. The summed E-state index contributed by atoms with van der Waals surface area (Å²) in [5.74, 6) is 0.217. The van der Waals surface area contributed by atoms with Gasteiger partial charge in [-0.2, -0.15) is 0 Å². The molecule has 1 aliphatic rings. The summed E-state index contributed by atoms with van der Waals surface area (Å²) in [6, 6.07) is 7.34. The van der Waals surface area contributed by atoms with Crippen molar-refractivity contribution in [3.8, 4) is 0 Å². The Labute approximate surface area is 157 Å². The van der Waals surface area contributed by atoms with Crippen molar-refractivity contribution in [3.05, 3.63) is 34.6 Å². The summed E-state index contributed by atoms with van der Waals surface area (Å²) in [7, 11) is 0. The van der Waals surface area contributed by atoms with Crippen molar-refractivity contribution in [1.29, 1.82) is 0 Å². The van der Waals surface area contributed by atoms with Crippen LogP contribution in [-0.2, 0) is 16.1 Å². The van der Waals surface area contributed by atoms with Crippen LogP contribution in [0.4, 0.5) is 0 Å². The van der Waals surface area contributed by atoms with Crippen LogP contribution in [0.3, 0.4) is 0 Å². The Hall–Kier alpha value is -1.86. The third-order valence-electron chi connectivity index (χ3n) is 4.42. The first-order valence-corrected chi connectivity index (χ1v) is 10.2. The van der Waals surface area contributed by atoms with E-state index >= 15 is 0 Å². The smallest absolute Gasteiger partial charge is 0.262 e. The number of carbonyl (C=O) groups is 1. The lowest BCUT2D eigenvalue weighted by Crippen LogP contribution is -2.30. The average molecular weight is 375 g/mol. The minimum atomic E-state index is -0.0695. The molecular formula is C19H25N3O3S. The van der Waals surface area contributed by atoms with Gasteiger partial charge in [-0.25, -0.2) is 4.98 Å². The molecule has 0 radical (unpaired) electrons. The summed E-state index contributed by atoms with van der Waals surface area (Å²) >= 11 is 1.31. The molecule has 1 amide bonds. The van der Waals surface area contributed by atoms with Gasteiger partial charge >= 0.3 is 0 Å². The highest BCUT2D eigenvalue weighted by Gasteiger charge is 2.20. The third kappa shape index (κ3) is 4.65. The van der Waals surface area contributed by atoms with Gasteiger partial charge in [-0.15, -0.1) is 0 Å². The highest BCUT2D eigenvalue weighted by molar-refractivity contribution is 7.99. The Morgan fingerprint density at radius 3 is 3.04 bits per heavy atom. The second-order valence-corrected chi connectivity index (χ2v) is 7.40. The molecule has 140 valence electrons. The van der Waals surface area contributed by atoms with E-state index in [1.807, 2.05) is 18.2 Å². The second-order valence-electron chi connectivity index (χ2n) is 6.45. The van der Waals surface area contributed by atoms with Crippen molar-refractivity contribution in [3.63, 3.8) is 0 Å². The SMILES string of the molecule is CCCCNC(=O)CSc1nc2ccccc2c(=O)n1CC1CCCO1. The van der Waals surface area contributed by atoms with E-state index in [1.54, 1.807) is 10.6 Å². The Bertz CT molecular complexity index is 815. The van der Waals surface area contributed by atoms with Crippen molar-refractivity contribution in [2.75, 3.05) is 18.9 Å². The summed E-state index contributed by atoms with van der Waals surface area (Å²) in [5.41, 5.74) is 0.593. The molecule has 6 nitrogen and oxygen atoms in total. The number of hydrogen-bond donors (Lipinski definition) is 1. The van der Waals surface area contributed by atoms with Gasteiger partial charge in [0.2, 0.25) is 5.91 Å². The van der Waals surface area contributed by atoms with Gasteiger partial charge in [-0.1, -0.05) is 37.2 Å². The first kappa shape index (κ1) is 18.9. The van der Waals surface area contributed by atoms with E-state index in [4.69, 9.17) is 4.74 Å². The number of thioether (sulfide) groups is 1. The number of fused-ring (bicyclic) bond motifs is 1. The van der Waals surface area contributed by atoms with Crippen LogP contribution in [0.5, 0.6) is 0 Å². The van der Waals surface area contributed by atoms with Crippen LogP contribution in [0.15, 0.2) is 34.2 Å². The molecule has 7 heteroatoms. The lowest BCUT2D eigenvalue weighted by Gasteiger charge is -2.16. The van der Waals surface area contributed by atoms with Crippen LogP contribution in [0, 0.1) is 0 Å². The quantitative estimate of drug-likeness (QED) is 0.436. The van der Waals surface area contributed by atoms with Crippen molar-refractivity contribution < 1.29 is 9.53 Å². The zero-order valence-electron chi connectivity index (χ0n) is 15.1. The first-order valence-electron chi connectivity index (χ1n) is 9.19. The predicted molar refractivity (Wildman–Crippen MR) is 104 cm³/mol. The van der Waals surface area contributed by atoms with Crippen LogP contribution < -0.4 is 10.9 Å².